The number of nitrogens with one attached hydrogen (secondary N) is 1. The second kappa shape index (κ2) is 10.3. The van der Waals surface area contributed by atoms with Crippen LogP contribution in [0.4, 0.5) is 5.69 Å². The van der Waals surface area contributed by atoms with Crippen LogP contribution in [0.25, 0.3) is 0 Å². The molecule has 6 heteroatoms. The van der Waals surface area contributed by atoms with Crippen LogP contribution in [0.3, 0.4) is 0 Å². The van der Waals surface area contributed by atoms with Crippen LogP contribution in [-0.4, -0.2) is 30.9 Å². The summed E-state index contributed by atoms with van der Waals surface area (Å²) < 4.78 is 10.2. The zero-order valence-electron chi connectivity index (χ0n) is 16.4. The van der Waals surface area contributed by atoms with Crippen molar-refractivity contribution in [1.82, 2.24) is 0 Å². The van der Waals surface area contributed by atoms with Gasteiger partial charge in [0.2, 0.25) is 0 Å². The molecule has 0 aromatic heterocycles. The molecule has 0 saturated carbocycles. The first-order chi connectivity index (χ1) is 13.4. The number of benzene rings is 2. The minimum atomic E-state index is -0.655. The Hall–Kier alpha value is -3.15. The van der Waals surface area contributed by atoms with Crippen molar-refractivity contribution in [2.45, 2.75) is 33.1 Å². The van der Waals surface area contributed by atoms with Crippen molar-refractivity contribution in [3.05, 3.63) is 59.7 Å². The Morgan fingerprint density at radius 1 is 0.964 bits per heavy atom. The summed E-state index contributed by atoms with van der Waals surface area (Å²) in [6.07, 6.45) is 1.05. The number of rotatable bonds is 9. The fraction of sp³-hybridized carbons (Fsp3) is 0.318. The zero-order chi connectivity index (χ0) is 20.5. The highest BCUT2D eigenvalue weighted by Crippen LogP contribution is 2.20. The molecule has 0 spiro atoms. The van der Waals surface area contributed by atoms with Crippen molar-refractivity contribution in [2.75, 3.05) is 18.5 Å². The number of anilines is 1. The van der Waals surface area contributed by atoms with Crippen LogP contribution in [0.2, 0.25) is 0 Å². The Morgan fingerprint density at radius 2 is 1.61 bits per heavy atom. The van der Waals surface area contributed by atoms with E-state index in [4.69, 9.17) is 9.47 Å². The molecule has 2 aromatic rings. The molecule has 0 aliphatic rings. The molecule has 0 aliphatic heterocycles. The van der Waals surface area contributed by atoms with E-state index in [2.05, 4.69) is 19.2 Å². The average molecular weight is 383 g/mol. The Morgan fingerprint density at radius 3 is 2.18 bits per heavy atom. The maximum atomic E-state index is 11.9. The van der Waals surface area contributed by atoms with E-state index in [1.54, 1.807) is 24.3 Å². The fourth-order valence-corrected chi connectivity index (χ4v) is 2.44. The molecular formula is C22H25NO5. The van der Waals surface area contributed by atoms with Crippen molar-refractivity contribution >= 4 is 23.3 Å². The highest BCUT2D eigenvalue weighted by Gasteiger charge is 2.10. The van der Waals surface area contributed by atoms with Crippen LogP contribution in [0.15, 0.2) is 48.5 Å². The van der Waals surface area contributed by atoms with Gasteiger partial charge in [0.1, 0.15) is 5.75 Å². The number of hydrogen-bond donors (Lipinski definition) is 1. The summed E-state index contributed by atoms with van der Waals surface area (Å²) in [4.78, 5) is 34.8. The highest BCUT2D eigenvalue weighted by atomic mass is 16.6. The average Bonchev–Trinajstić information content (AvgIpc) is 2.71. The summed E-state index contributed by atoms with van der Waals surface area (Å²) in [6.45, 7) is 5.03. The van der Waals surface area contributed by atoms with Gasteiger partial charge in [-0.25, -0.2) is 4.79 Å². The zero-order valence-corrected chi connectivity index (χ0v) is 16.4. The van der Waals surface area contributed by atoms with Gasteiger partial charge in [-0.3, -0.25) is 9.59 Å². The summed E-state index contributed by atoms with van der Waals surface area (Å²) in [5.41, 5.74) is 2.42. The minimum Gasteiger partial charge on any atom is -0.482 e. The monoisotopic (exact) mass is 383 g/mol. The summed E-state index contributed by atoms with van der Waals surface area (Å²) in [5, 5.41) is 2.68. The summed E-state index contributed by atoms with van der Waals surface area (Å²) in [5.74, 6) is -0.225. The van der Waals surface area contributed by atoms with Crippen LogP contribution in [0, 0.1) is 0 Å². The third-order valence-electron chi connectivity index (χ3n) is 4.36. The number of carbonyl (C=O) groups is 3. The molecule has 0 radical (unpaired) electrons. The van der Waals surface area contributed by atoms with Gasteiger partial charge in [-0.15, -0.1) is 0 Å². The highest BCUT2D eigenvalue weighted by molar-refractivity contribution is 5.94. The van der Waals surface area contributed by atoms with Crippen LogP contribution in [-0.2, 0) is 14.3 Å². The molecular weight excluding hydrogens is 358 g/mol. The smallest absolute Gasteiger partial charge is 0.344 e. The Labute approximate surface area is 164 Å². The first-order valence-electron chi connectivity index (χ1n) is 9.18. The third-order valence-corrected chi connectivity index (χ3v) is 4.36. The lowest BCUT2D eigenvalue weighted by atomic mass is 9.99. The summed E-state index contributed by atoms with van der Waals surface area (Å²) in [7, 11) is 0. The van der Waals surface area contributed by atoms with E-state index in [1.165, 1.54) is 12.5 Å². The maximum Gasteiger partial charge on any atom is 0.344 e. The van der Waals surface area contributed by atoms with Crippen LogP contribution in [0.5, 0.6) is 5.75 Å². The van der Waals surface area contributed by atoms with Gasteiger partial charge in [-0.2, -0.15) is 0 Å². The molecule has 0 saturated heterocycles. The van der Waals surface area contributed by atoms with Crippen molar-refractivity contribution in [3.63, 3.8) is 0 Å². The number of Topliss-reactive ketones (excluding diaryl/α,β-unsaturated/α-hetero) is 1. The normalized spacial score (nSPS) is 11.4. The van der Waals surface area contributed by atoms with Gasteiger partial charge >= 0.3 is 5.97 Å². The van der Waals surface area contributed by atoms with E-state index in [0.29, 0.717) is 22.9 Å². The maximum absolute atomic E-state index is 11.9. The van der Waals surface area contributed by atoms with Crippen LogP contribution >= 0.6 is 0 Å². The Balaban J connectivity index is 1.73. The molecule has 0 heterocycles. The lowest BCUT2D eigenvalue weighted by Crippen LogP contribution is -2.23. The van der Waals surface area contributed by atoms with Crippen molar-refractivity contribution < 1.29 is 23.9 Å². The lowest BCUT2D eigenvalue weighted by molar-refractivity contribution is -0.149. The predicted molar refractivity (Wildman–Crippen MR) is 107 cm³/mol. The van der Waals surface area contributed by atoms with Gasteiger partial charge in [-0.05, 0) is 61.2 Å². The number of hydrogen-bond acceptors (Lipinski definition) is 5. The van der Waals surface area contributed by atoms with Crippen molar-refractivity contribution in [1.29, 1.82) is 0 Å². The number of ketones is 1. The van der Waals surface area contributed by atoms with E-state index < -0.39 is 18.5 Å². The van der Waals surface area contributed by atoms with E-state index in [0.717, 1.165) is 6.42 Å². The molecule has 1 N–H and O–H groups in total. The Kier molecular flexibility index (Phi) is 7.75. The molecule has 0 bridgehead atoms. The minimum absolute atomic E-state index is 0.0495. The number of amides is 1. The number of esters is 1. The fourth-order valence-electron chi connectivity index (χ4n) is 2.44. The standard InChI is InChI=1S/C22H25NO5/c1-4-15(2)17-5-9-19(10-6-17)23-21(25)13-28-22(26)14-27-20-11-7-18(8-12-20)16(3)24/h5-12,15H,4,13-14H2,1-3H3,(H,23,25)/t15-/m0/s1. The van der Waals surface area contributed by atoms with E-state index >= 15 is 0 Å². The summed E-state index contributed by atoms with van der Waals surface area (Å²) >= 11 is 0. The van der Waals surface area contributed by atoms with Crippen molar-refractivity contribution in [2.24, 2.45) is 0 Å². The first-order valence-corrected chi connectivity index (χ1v) is 9.18. The van der Waals surface area contributed by atoms with Crippen molar-refractivity contribution in [3.8, 4) is 5.75 Å². The molecule has 148 valence electrons. The second-order valence-corrected chi connectivity index (χ2v) is 6.51. The first kappa shape index (κ1) is 21.2. The molecule has 2 rings (SSSR count). The Bertz CT molecular complexity index is 812. The van der Waals surface area contributed by atoms with Crippen LogP contribution in [0.1, 0.15) is 49.0 Å². The largest absolute Gasteiger partial charge is 0.482 e. The van der Waals surface area contributed by atoms with Gasteiger partial charge in [0.25, 0.3) is 5.91 Å². The van der Waals surface area contributed by atoms with Gasteiger partial charge in [0.15, 0.2) is 19.0 Å². The molecule has 6 nitrogen and oxygen atoms in total. The third kappa shape index (κ3) is 6.54. The molecule has 0 fully saturated rings. The molecule has 0 aliphatic carbocycles. The lowest BCUT2D eigenvalue weighted by Gasteiger charge is -2.11. The van der Waals surface area contributed by atoms with Crippen LogP contribution < -0.4 is 10.1 Å². The summed E-state index contributed by atoms with van der Waals surface area (Å²) in [6, 6.07) is 14.0. The predicted octanol–water partition coefficient (Wildman–Crippen LogP) is 3.96. The van der Waals surface area contributed by atoms with Gasteiger partial charge < -0.3 is 14.8 Å². The molecule has 1 atom stereocenters. The molecule has 0 unspecified atom stereocenters. The molecule has 2 aromatic carbocycles. The molecule has 28 heavy (non-hydrogen) atoms. The second-order valence-electron chi connectivity index (χ2n) is 6.51. The van der Waals surface area contributed by atoms with E-state index in [-0.39, 0.29) is 12.4 Å². The number of ether oxygens (including phenoxy) is 2. The number of carbonyl (C=O) groups excluding carboxylic acids is 3. The van der Waals surface area contributed by atoms with Gasteiger partial charge in [0, 0.05) is 11.3 Å². The SMILES string of the molecule is CC[C@H](C)c1ccc(NC(=O)COC(=O)COc2ccc(C(C)=O)cc2)cc1. The molecule has 1 amide bonds. The van der Waals surface area contributed by atoms with E-state index in [9.17, 15) is 14.4 Å². The van der Waals surface area contributed by atoms with E-state index in [1.807, 2.05) is 24.3 Å². The van der Waals surface area contributed by atoms with Gasteiger partial charge in [-0.1, -0.05) is 26.0 Å². The topological polar surface area (TPSA) is 81.7 Å². The van der Waals surface area contributed by atoms with Gasteiger partial charge in [0.05, 0.1) is 0 Å². The quantitative estimate of drug-likeness (QED) is 0.523.